The van der Waals surface area contributed by atoms with Gasteiger partial charge < -0.3 is 5.11 Å². The minimum Gasteiger partial charge on any atom is -0.465 e. The number of sulfonamides is 1. The molecule has 1 atom stereocenters. The number of carbonyl (C=O) groups is 4. The molecule has 2 aromatic rings. The van der Waals surface area contributed by atoms with Gasteiger partial charge in [-0.05, 0) is 44.4 Å². The number of nitrogens with zero attached hydrogens (tertiary/aromatic N) is 2. The average molecular weight is 517 g/mol. The Kier molecular flexibility index (Phi) is 9.15. The smallest absolute Gasteiger partial charge is 0.408 e. The molecule has 194 valence electrons. The summed E-state index contributed by atoms with van der Waals surface area (Å²) in [5.41, 5.74) is -0.527. The zero-order chi connectivity index (χ0) is 27.3. The lowest BCUT2D eigenvalue weighted by atomic mass is 9.94. The molecule has 2 amide bonds. The summed E-state index contributed by atoms with van der Waals surface area (Å²) in [5.74, 6) is -4.75. The lowest BCUT2D eigenvalue weighted by Gasteiger charge is -2.38. The Morgan fingerprint density at radius 2 is 1.39 bits per heavy atom. The van der Waals surface area contributed by atoms with Crippen LogP contribution in [0.25, 0.3) is 0 Å². The Bertz CT molecular complexity index is 1200. The molecule has 0 aliphatic rings. The van der Waals surface area contributed by atoms with Gasteiger partial charge in [0.1, 0.15) is 6.04 Å². The van der Waals surface area contributed by atoms with Crippen LogP contribution in [-0.4, -0.2) is 64.4 Å². The quantitative estimate of drug-likeness (QED) is 0.378. The van der Waals surface area contributed by atoms with E-state index in [1.165, 1.54) is 24.3 Å². The second-order valence-corrected chi connectivity index (χ2v) is 11.6. The van der Waals surface area contributed by atoms with E-state index in [0.717, 1.165) is 4.90 Å². The molecule has 10 heteroatoms. The Labute approximate surface area is 211 Å². The molecule has 0 bridgehead atoms. The molecule has 0 aromatic heterocycles. The van der Waals surface area contributed by atoms with Crippen molar-refractivity contribution >= 4 is 33.6 Å². The van der Waals surface area contributed by atoms with Crippen LogP contribution in [0, 0.1) is 5.92 Å². The van der Waals surface area contributed by atoms with Gasteiger partial charge in [0, 0.05) is 18.5 Å². The average Bonchev–Trinajstić information content (AvgIpc) is 2.80. The van der Waals surface area contributed by atoms with E-state index in [0.29, 0.717) is 9.87 Å². The van der Waals surface area contributed by atoms with Gasteiger partial charge in [-0.1, -0.05) is 62.4 Å². The molecule has 0 saturated carbocycles. The summed E-state index contributed by atoms with van der Waals surface area (Å²) >= 11 is 0. The number of Topliss-reactive ketones (excluding diaryl/α,β-unsaturated/α-hetero) is 2. The molecule has 0 spiro atoms. The fraction of sp³-hybridized carbons (Fsp3) is 0.385. The van der Waals surface area contributed by atoms with Crippen molar-refractivity contribution in [2.24, 2.45) is 5.92 Å². The first-order valence-corrected chi connectivity index (χ1v) is 12.9. The number of benzene rings is 2. The molecule has 0 aliphatic heterocycles. The van der Waals surface area contributed by atoms with Gasteiger partial charge in [-0.3, -0.25) is 19.3 Å². The van der Waals surface area contributed by atoms with E-state index < -0.39 is 45.2 Å². The third kappa shape index (κ3) is 6.78. The highest BCUT2D eigenvalue weighted by molar-refractivity contribution is 7.89. The van der Waals surface area contributed by atoms with E-state index >= 15 is 0 Å². The first-order chi connectivity index (χ1) is 16.7. The van der Waals surface area contributed by atoms with Crippen molar-refractivity contribution in [3.05, 3.63) is 66.2 Å². The van der Waals surface area contributed by atoms with Crippen LogP contribution in [0.5, 0.6) is 0 Å². The third-order valence-electron chi connectivity index (χ3n) is 5.32. The standard InChI is InChI=1S/C26H32N2O7S/c1-18(2)17-27(36(34,35)20-14-10-7-11-15-20)24(31)23(30)22(29)21(16-19-12-8-6-9-13-19)28(25(32)33)26(3,4)5/h6-15,18,21H,16-17H2,1-5H3,(H,32,33). The molecular weight excluding hydrogens is 484 g/mol. The van der Waals surface area contributed by atoms with Crippen LogP contribution < -0.4 is 0 Å². The van der Waals surface area contributed by atoms with Crippen LogP contribution >= 0.6 is 0 Å². The maximum Gasteiger partial charge on any atom is 0.408 e. The molecule has 1 unspecified atom stereocenters. The number of carboxylic acid groups (broad SMARTS) is 1. The van der Waals surface area contributed by atoms with Crippen LogP contribution in [0.1, 0.15) is 40.2 Å². The van der Waals surface area contributed by atoms with Gasteiger partial charge in [0.25, 0.3) is 15.8 Å². The van der Waals surface area contributed by atoms with E-state index in [9.17, 15) is 32.7 Å². The summed E-state index contributed by atoms with van der Waals surface area (Å²) in [7, 11) is -4.44. The number of ketones is 2. The maximum atomic E-state index is 13.4. The number of rotatable bonds is 10. The lowest BCUT2D eigenvalue weighted by molar-refractivity contribution is -0.149. The molecule has 0 radical (unpaired) electrons. The van der Waals surface area contributed by atoms with Crippen LogP contribution in [0.4, 0.5) is 4.79 Å². The number of carbonyl (C=O) groups excluding carboxylic acids is 3. The minimum absolute atomic E-state index is 0.169. The van der Waals surface area contributed by atoms with Crippen molar-refractivity contribution in [1.82, 2.24) is 9.21 Å². The van der Waals surface area contributed by atoms with E-state index in [4.69, 9.17) is 0 Å². The summed E-state index contributed by atoms with van der Waals surface area (Å²) < 4.78 is 26.9. The summed E-state index contributed by atoms with van der Waals surface area (Å²) in [6.07, 6.45) is -1.62. The van der Waals surface area contributed by atoms with Crippen LogP contribution in [0.2, 0.25) is 0 Å². The first-order valence-electron chi connectivity index (χ1n) is 11.4. The van der Waals surface area contributed by atoms with E-state index in [1.807, 2.05) is 0 Å². The van der Waals surface area contributed by atoms with Gasteiger partial charge in [0.2, 0.25) is 5.78 Å². The highest BCUT2D eigenvalue weighted by atomic mass is 32.2. The number of hydrogen-bond acceptors (Lipinski definition) is 6. The van der Waals surface area contributed by atoms with E-state index in [2.05, 4.69) is 0 Å². The molecule has 0 saturated heterocycles. The number of amides is 2. The maximum absolute atomic E-state index is 13.4. The van der Waals surface area contributed by atoms with Gasteiger partial charge in [-0.15, -0.1) is 0 Å². The highest BCUT2D eigenvalue weighted by Crippen LogP contribution is 2.23. The van der Waals surface area contributed by atoms with Crippen molar-refractivity contribution in [2.45, 2.75) is 57.5 Å². The van der Waals surface area contributed by atoms with Gasteiger partial charge in [-0.2, -0.15) is 0 Å². The van der Waals surface area contributed by atoms with Crippen molar-refractivity contribution in [3.8, 4) is 0 Å². The first kappa shape index (κ1) is 28.7. The predicted molar refractivity (Wildman–Crippen MR) is 134 cm³/mol. The van der Waals surface area contributed by atoms with Crippen molar-refractivity contribution in [3.63, 3.8) is 0 Å². The molecular formula is C26H32N2O7S. The second-order valence-electron chi connectivity index (χ2n) is 9.77. The van der Waals surface area contributed by atoms with Crippen LogP contribution in [0.3, 0.4) is 0 Å². The fourth-order valence-electron chi connectivity index (χ4n) is 3.74. The zero-order valence-corrected chi connectivity index (χ0v) is 21.9. The predicted octanol–water partition coefficient (Wildman–Crippen LogP) is 3.39. The Morgan fingerprint density at radius 1 is 0.889 bits per heavy atom. The Balaban J connectivity index is 2.53. The molecule has 0 fully saturated rings. The molecule has 0 heterocycles. The normalized spacial score (nSPS) is 12.6. The molecule has 2 aromatic carbocycles. The van der Waals surface area contributed by atoms with Gasteiger partial charge in [0.05, 0.1) is 4.90 Å². The summed E-state index contributed by atoms with van der Waals surface area (Å²) in [6, 6.07) is 14.0. The molecule has 9 nitrogen and oxygen atoms in total. The zero-order valence-electron chi connectivity index (χ0n) is 21.0. The van der Waals surface area contributed by atoms with Crippen molar-refractivity contribution in [1.29, 1.82) is 0 Å². The number of hydrogen-bond donors (Lipinski definition) is 1. The Morgan fingerprint density at radius 3 is 1.83 bits per heavy atom. The van der Waals surface area contributed by atoms with E-state index in [1.54, 1.807) is 71.0 Å². The summed E-state index contributed by atoms with van der Waals surface area (Å²) in [5, 5.41) is 9.90. The second kappa shape index (κ2) is 11.5. The lowest BCUT2D eigenvalue weighted by Crippen LogP contribution is -2.58. The van der Waals surface area contributed by atoms with Gasteiger partial charge >= 0.3 is 12.0 Å². The summed E-state index contributed by atoms with van der Waals surface area (Å²) in [4.78, 5) is 52.7. The Hall–Kier alpha value is -3.53. The topological polar surface area (TPSA) is 129 Å². The summed E-state index contributed by atoms with van der Waals surface area (Å²) in [6.45, 7) is 7.67. The minimum atomic E-state index is -4.44. The van der Waals surface area contributed by atoms with Crippen LogP contribution in [0.15, 0.2) is 65.6 Å². The van der Waals surface area contributed by atoms with Crippen molar-refractivity contribution in [2.75, 3.05) is 6.54 Å². The van der Waals surface area contributed by atoms with Crippen molar-refractivity contribution < 1.29 is 32.7 Å². The highest BCUT2D eigenvalue weighted by Gasteiger charge is 2.44. The van der Waals surface area contributed by atoms with Crippen LogP contribution in [-0.2, 0) is 30.8 Å². The molecule has 0 aliphatic carbocycles. The van der Waals surface area contributed by atoms with E-state index in [-0.39, 0.29) is 23.8 Å². The third-order valence-corrected chi connectivity index (χ3v) is 7.08. The SMILES string of the molecule is CC(C)CN(C(=O)C(=O)C(=O)C(Cc1ccccc1)N(C(=O)O)C(C)(C)C)S(=O)(=O)c1ccccc1. The fourth-order valence-corrected chi connectivity index (χ4v) is 5.29. The molecule has 36 heavy (non-hydrogen) atoms. The van der Waals surface area contributed by atoms with Gasteiger partial charge in [-0.25, -0.2) is 17.5 Å². The molecule has 1 N–H and O–H groups in total. The monoisotopic (exact) mass is 516 g/mol. The van der Waals surface area contributed by atoms with Gasteiger partial charge in [0.15, 0.2) is 0 Å². The largest absolute Gasteiger partial charge is 0.465 e. The molecule has 2 rings (SSSR count).